The lowest BCUT2D eigenvalue weighted by atomic mass is 10.2. The number of rotatable bonds is 8. The second-order valence-electron chi connectivity index (χ2n) is 4.90. The van der Waals surface area contributed by atoms with Crippen LogP contribution in [-0.2, 0) is 6.54 Å². The lowest BCUT2D eigenvalue weighted by Crippen LogP contribution is -2.34. The van der Waals surface area contributed by atoms with E-state index < -0.39 is 0 Å². The van der Waals surface area contributed by atoms with Gasteiger partial charge < -0.3 is 20.4 Å². The first kappa shape index (κ1) is 17.0. The molecule has 0 aliphatic heterocycles. The Labute approximate surface area is 125 Å². The molecule has 0 fully saturated rings. The summed E-state index contributed by atoms with van der Waals surface area (Å²) in [4.78, 5) is 6.54. The summed E-state index contributed by atoms with van der Waals surface area (Å²) in [6.45, 7) is 5.42. The maximum atomic E-state index is 8.62. The molecule has 7 heteroatoms. The second kappa shape index (κ2) is 8.31. The summed E-state index contributed by atoms with van der Waals surface area (Å²) in [7, 11) is 3.19. The monoisotopic (exact) mass is 296 g/mol. The van der Waals surface area contributed by atoms with Gasteiger partial charge in [0, 0.05) is 37.8 Å². The molecule has 0 saturated heterocycles. The zero-order chi connectivity index (χ0) is 15.8. The maximum Gasteiger partial charge on any atom is 0.183 e. The maximum absolute atomic E-state index is 8.62. The molecule has 7 nitrogen and oxygen atoms in total. The molecule has 1 rings (SSSR count). The minimum atomic E-state index is 0.214. The van der Waals surface area contributed by atoms with E-state index in [0.29, 0.717) is 31.0 Å². The van der Waals surface area contributed by atoms with Crippen LogP contribution in [0.5, 0.6) is 11.5 Å². The van der Waals surface area contributed by atoms with Gasteiger partial charge in [0.25, 0.3) is 0 Å². The Morgan fingerprint density at radius 2 is 2.14 bits per heavy atom. The number of amidine groups is 1. The highest BCUT2D eigenvalue weighted by Gasteiger charge is 2.17. The van der Waals surface area contributed by atoms with E-state index in [2.05, 4.69) is 28.9 Å². The average Bonchev–Trinajstić information content (AvgIpc) is 2.49. The van der Waals surface area contributed by atoms with Gasteiger partial charge in [0.15, 0.2) is 11.5 Å². The number of ether oxygens (including phenoxy) is 2. The summed E-state index contributed by atoms with van der Waals surface area (Å²) >= 11 is 0. The molecule has 0 aromatic carbocycles. The van der Waals surface area contributed by atoms with Crippen LogP contribution in [0.1, 0.15) is 26.0 Å². The summed E-state index contributed by atoms with van der Waals surface area (Å²) in [6, 6.07) is 2.05. The molecule has 0 unspecified atom stereocenters. The first-order valence-corrected chi connectivity index (χ1v) is 6.79. The molecule has 0 aliphatic carbocycles. The molecule has 1 aromatic heterocycles. The van der Waals surface area contributed by atoms with Crippen molar-refractivity contribution in [2.24, 2.45) is 10.9 Å². The van der Waals surface area contributed by atoms with Crippen molar-refractivity contribution < 1.29 is 14.7 Å². The first-order chi connectivity index (χ1) is 10.0. The summed E-state index contributed by atoms with van der Waals surface area (Å²) in [5.41, 5.74) is 6.33. The summed E-state index contributed by atoms with van der Waals surface area (Å²) in [5, 5.41) is 11.6. The Morgan fingerprint density at radius 1 is 1.43 bits per heavy atom. The van der Waals surface area contributed by atoms with Gasteiger partial charge in [0.1, 0.15) is 11.5 Å². The van der Waals surface area contributed by atoms with E-state index in [1.807, 2.05) is 0 Å². The van der Waals surface area contributed by atoms with Crippen LogP contribution in [0.25, 0.3) is 0 Å². The highest BCUT2D eigenvalue weighted by molar-refractivity contribution is 5.79. The van der Waals surface area contributed by atoms with Crippen LogP contribution in [0.3, 0.4) is 0 Å². The van der Waals surface area contributed by atoms with E-state index in [9.17, 15) is 0 Å². The predicted molar refractivity (Wildman–Crippen MR) is 80.9 cm³/mol. The number of nitrogens with zero attached hydrogens (tertiary/aromatic N) is 3. The van der Waals surface area contributed by atoms with E-state index in [1.165, 1.54) is 0 Å². The van der Waals surface area contributed by atoms with Gasteiger partial charge in [0.2, 0.25) is 0 Å². The number of oxime groups is 1. The number of aromatic nitrogens is 1. The van der Waals surface area contributed by atoms with E-state index in [-0.39, 0.29) is 11.9 Å². The number of nitrogens with two attached hydrogens (primary N) is 1. The van der Waals surface area contributed by atoms with Gasteiger partial charge in [-0.05, 0) is 13.8 Å². The van der Waals surface area contributed by atoms with Gasteiger partial charge in [-0.2, -0.15) is 0 Å². The van der Waals surface area contributed by atoms with Crippen molar-refractivity contribution in [3.8, 4) is 11.5 Å². The van der Waals surface area contributed by atoms with Gasteiger partial charge in [-0.1, -0.05) is 5.16 Å². The molecule has 0 radical (unpaired) electrons. The van der Waals surface area contributed by atoms with E-state index >= 15 is 0 Å². The number of hydrogen-bond acceptors (Lipinski definition) is 6. The SMILES string of the molecule is COc1ccnc(CN(CC/C(N)=N/O)C(C)C)c1OC. The largest absolute Gasteiger partial charge is 0.493 e. The smallest absolute Gasteiger partial charge is 0.183 e. The third kappa shape index (κ3) is 4.78. The minimum Gasteiger partial charge on any atom is -0.493 e. The molecule has 3 N–H and O–H groups in total. The van der Waals surface area contributed by atoms with Crippen molar-refractivity contribution in [2.75, 3.05) is 20.8 Å². The summed E-state index contributed by atoms with van der Waals surface area (Å²) in [5.74, 6) is 1.50. The Bertz CT molecular complexity index is 477. The Morgan fingerprint density at radius 3 is 2.67 bits per heavy atom. The van der Waals surface area contributed by atoms with Gasteiger partial charge in [0.05, 0.1) is 14.2 Å². The number of hydrogen-bond donors (Lipinski definition) is 2. The molecule has 0 amide bonds. The van der Waals surface area contributed by atoms with E-state index in [0.717, 1.165) is 5.69 Å². The van der Waals surface area contributed by atoms with Crippen molar-refractivity contribution >= 4 is 5.84 Å². The quantitative estimate of drug-likeness (QED) is 0.326. The Hall–Kier alpha value is -2.02. The molecule has 0 atom stereocenters. The molecule has 118 valence electrons. The fourth-order valence-corrected chi connectivity index (χ4v) is 1.98. The van der Waals surface area contributed by atoms with Crippen molar-refractivity contribution in [1.29, 1.82) is 0 Å². The Balaban J connectivity index is 2.89. The van der Waals surface area contributed by atoms with E-state index in [4.69, 9.17) is 20.4 Å². The van der Waals surface area contributed by atoms with Crippen LogP contribution in [0, 0.1) is 0 Å². The highest BCUT2D eigenvalue weighted by Crippen LogP contribution is 2.30. The van der Waals surface area contributed by atoms with Gasteiger partial charge in [-0.15, -0.1) is 0 Å². The van der Waals surface area contributed by atoms with Gasteiger partial charge >= 0.3 is 0 Å². The number of methoxy groups -OCH3 is 2. The third-order valence-corrected chi connectivity index (χ3v) is 3.23. The summed E-state index contributed by atoms with van der Waals surface area (Å²) in [6.07, 6.45) is 2.18. The second-order valence-corrected chi connectivity index (χ2v) is 4.90. The molecular formula is C14H24N4O3. The standard InChI is InChI=1S/C14H24N4O3/c1-10(2)18(8-6-13(15)17-19)9-11-14(21-4)12(20-3)5-7-16-11/h5,7,10,19H,6,8-9H2,1-4H3,(H2,15,17). The average molecular weight is 296 g/mol. The predicted octanol–water partition coefficient (Wildman–Crippen LogP) is 1.45. The summed E-state index contributed by atoms with van der Waals surface area (Å²) < 4.78 is 10.7. The Kier molecular flexibility index (Phi) is 6.74. The molecule has 0 bridgehead atoms. The number of pyridine rings is 1. The molecule has 0 spiro atoms. The zero-order valence-electron chi connectivity index (χ0n) is 13.0. The van der Waals surface area contributed by atoms with E-state index in [1.54, 1.807) is 26.5 Å². The molecule has 21 heavy (non-hydrogen) atoms. The fourth-order valence-electron chi connectivity index (χ4n) is 1.98. The molecule has 0 aliphatic rings. The van der Waals surface area contributed by atoms with Crippen LogP contribution in [0.15, 0.2) is 17.4 Å². The van der Waals surface area contributed by atoms with Crippen molar-refractivity contribution in [1.82, 2.24) is 9.88 Å². The minimum absolute atomic E-state index is 0.214. The topological polar surface area (TPSA) is 93.2 Å². The highest BCUT2D eigenvalue weighted by atomic mass is 16.5. The molecule has 1 heterocycles. The van der Waals surface area contributed by atoms with Crippen LogP contribution in [0.2, 0.25) is 0 Å². The zero-order valence-corrected chi connectivity index (χ0v) is 13.0. The lowest BCUT2D eigenvalue weighted by molar-refractivity contribution is 0.211. The third-order valence-electron chi connectivity index (χ3n) is 3.23. The molecular weight excluding hydrogens is 272 g/mol. The normalized spacial score (nSPS) is 12.0. The van der Waals surface area contributed by atoms with Crippen molar-refractivity contribution in [2.45, 2.75) is 32.9 Å². The van der Waals surface area contributed by atoms with Crippen LogP contribution in [0.4, 0.5) is 0 Å². The van der Waals surface area contributed by atoms with Crippen LogP contribution in [-0.4, -0.2) is 47.7 Å². The lowest BCUT2D eigenvalue weighted by Gasteiger charge is -2.26. The van der Waals surface area contributed by atoms with Crippen LogP contribution >= 0.6 is 0 Å². The molecule has 0 saturated carbocycles. The molecule has 1 aromatic rings. The first-order valence-electron chi connectivity index (χ1n) is 6.79. The van der Waals surface area contributed by atoms with Gasteiger partial charge in [-0.25, -0.2) is 0 Å². The fraction of sp³-hybridized carbons (Fsp3) is 0.571. The van der Waals surface area contributed by atoms with Gasteiger partial charge in [-0.3, -0.25) is 9.88 Å². The van der Waals surface area contributed by atoms with Crippen molar-refractivity contribution in [3.05, 3.63) is 18.0 Å². The van der Waals surface area contributed by atoms with Crippen LogP contribution < -0.4 is 15.2 Å². The van der Waals surface area contributed by atoms with Crippen molar-refractivity contribution in [3.63, 3.8) is 0 Å².